The summed E-state index contributed by atoms with van der Waals surface area (Å²) in [5.74, 6) is -0.759. The zero-order chi connectivity index (χ0) is 13.0. The molecule has 1 aromatic heterocycles. The van der Waals surface area contributed by atoms with Gasteiger partial charge in [-0.25, -0.2) is 4.98 Å². The van der Waals surface area contributed by atoms with Gasteiger partial charge >= 0.3 is 5.69 Å². The van der Waals surface area contributed by atoms with Crippen molar-refractivity contribution in [2.45, 2.75) is 13.0 Å². The SMILES string of the molecule is CC(Nc1ncc(C#N)cc1[N+](=O)[O-])C(N)=O. The van der Waals surface area contributed by atoms with Gasteiger partial charge in [0.15, 0.2) is 0 Å². The number of hydrogen-bond donors (Lipinski definition) is 2. The molecule has 1 unspecified atom stereocenters. The van der Waals surface area contributed by atoms with Crippen LogP contribution in [0.4, 0.5) is 11.5 Å². The molecule has 17 heavy (non-hydrogen) atoms. The number of primary amides is 1. The number of carbonyl (C=O) groups excluding carboxylic acids is 1. The molecule has 0 saturated carbocycles. The van der Waals surface area contributed by atoms with Gasteiger partial charge in [-0.1, -0.05) is 0 Å². The second kappa shape index (κ2) is 4.89. The zero-order valence-electron chi connectivity index (χ0n) is 8.88. The highest BCUT2D eigenvalue weighted by Crippen LogP contribution is 2.22. The van der Waals surface area contributed by atoms with E-state index in [2.05, 4.69) is 10.3 Å². The lowest BCUT2D eigenvalue weighted by Gasteiger charge is -2.10. The molecule has 0 aliphatic rings. The summed E-state index contributed by atoms with van der Waals surface area (Å²) in [5, 5.41) is 21.8. The van der Waals surface area contributed by atoms with Gasteiger partial charge in [-0.2, -0.15) is 5.26 Å². The van der Waals surface area contributed by atoms with Crippen LogP contribution >= 0.6 is 0 Å². The van der Waals surface area contributed by atoms with Crippen molar-refractivity contribution in [3.05, 3.63) is 27.9 Å². The van der Waals surface area contributed by atoms with E-state index in [4.69, 9.17) is 11.0 Å². The molecule has 0 bridgehead atoms. The number of nitrogens with zero attached hydrogens (tertiary/aromatic N) is 3. The van der Waals surface area contributed by atoms with Gasteiger partial charge in [-0.05, 0) is 6.92 Å². The number of hydrogen-bond acceptors (Lipinski definition) is 6. The molecule has 0 aliphatic carbocycles. The third-order valence-corrected chi connectivity index (χ3v) is 1.97. The Labute approximate surface area is 96.2 Å². The molecule has 0 fully saturated rings. The van der Waals surface area contributed by atoms with Crippen molar-refractivity contribution in [2.24, 2.45) is 5.73 Å². The van der Waals surface area contributed by atoms with E-state index in [1.165, 1.54) is 13.1 Å². The molecule has 0 spiro atoms. The van der Waals surface area contributed by atoms with Gasteiger partial charge in [0.1, 0.15) is 12.1 Å². The first-order valence-electron chi connectivity index (χ1n) is 4.56. The van der Waals surface area contributed by atoms with E-state index < -0.39 is 16.9 Å². The molecule has 8 nitrogen and oxygen atoms in total. The molecule has 0 aliphatic heterocycles. The van der Waals surface area contributed by atoms with Crippen LogP contribution in [0.25, 0.3) is 0 Å². The Morgan fingerprint density at radius 3 is 2.88 bits per heavy atom. The second-order valence-electron chi connectivity index (χ2n) is 3.23. The van der Waals surface area contributed by atoms with E-state index in [0.717, 1.165) is 6.07 Å². The summed E-state index contributed by atoms with van der Waals surface area (Å²) in [6.45, 7) is 1.45. The number of anilines is 1. The zero-order valence-corrected chi connectivity index (χ0v) is 8.88. The van der Waals surface area contributed by atoms with Gasteiger partial charge < -0.3 is 11.1 Å². The van der Waals surface area contributed by atoms with Gasteiger partial charge in [-0.15, -0.1) is 0 Å². The lowest BCUT2D eigenvalue weighted by Crippen LogP contribution is -2.33. The highest BCUT2D eigenvalue weighted by atomic mass is 16.6. The van der Waals surface area contributed by atoms with Crippen molar-refractivity contribution in [1.82, 2.24) is 4.98 Å². The van der Waals surface area contributed by atoms with Crippen LogP contribution in [-0.4, -0.2) is 21.9 Å². The van der Waals surface area contributed by atoms with Gasteiger partial charge in [0.25, 0.3) is 0 Å². The minimum atomic E-state index is -0.797. The monoisotopic (exact) mass is 235 g/mol. The van der Waals surface area contributed by atoms with Crippen LogP contribution in [0.3, 0.4) is 0 Å². The molecular formula is C9H9N5O3. The topological polar surface area (TPSA) is 135 Å². The number of aromatic nitrogens is 1. The lowest BCUT2D eigenvalue weighted by molar-refractivity contribution is -0.384. The summed E-state index contributed by atoms with van der Waals surface area (Å²) >= 11 is 0. The summed E-state index contributed by atoms with van der Waals surface area (Å²) in [5.41, 5.74) is 4.70. The fourth-order valence-corrected chi connectivity index (χ4v) is 1.04. The summed E-state index contributed by atoms with van der Waals surface area (Å²) in [7, 11) is 0. The largest absolute Gasteiger partial charge is 0.368 e. The predicted molar refractivity (Wildman–Crippen MR) is 57.9 cm³/mol. The number of pyridine rings is 1. The molecule has 0 saturated heterocycles. The highest BCUT2D eigenvalue weighted by molar-refractivity contribution is 5.82. The molecule has 0 radical (unpaired) electrons. The quantitative estimate of drug-likeness (QED) is 0.563. The van der Waals surface area contributed by atoms with E-state index in [9.17, 15) is 14.9 Å². The maximum absolute atomic E-state index is 10.8. The maximum atomic E-state index is 10.8. The fraction of sp³-hybridized carbons (Fsp3) is 0.222. The summed E-state index contributed by atoms with van der Waals surface area (Å²) in [4.78, 5) is 24.6. The molecule has 1 aromatic rings. The van der Waals surface area contributed by atoms with Gasteiger partial charge in [0.2, 0.25) is 11.7 Å². The summed E-state index contributed by atoms with van der Waals surface area (Å²) < 4.78 is 0. The Hall–Kier alpha value is -2.69. The Morgan fingerprint density at radius 1 is 1.76 bits per heavy atom. The maximum Gasteiger partial charge on any atom is 0.312 e. The number of nitro groups is 1. The molecule has 1 atom stereocenters. The van der Waals surface area contributed by atoms with E-state index in [-0.39, 0.29) is 17.1 Å². The number of nitriles is 1. The first-order chi connectivity index (χ1) is 7.95. The Bertz CT molecular complexity index is 508. The number of nitrogens with one attached hydrogen (secondary N) is 1. The molecular weight excluding hydrogens is 226 g/mol. The molecule has 8 heteroatoms. The number of carbonyl (C=O) groups is 1. The van der Waals surface area contributed by atoms with Crippen LogP contribution in [-0.2, 0) is 4.79 Å². The van der Waals surface area contributed by atoms with Crippen LogP contribution in [0.2, 0.25) is 0 Å². The summed E-state index contributed by atoms with van der Waals surface area (Å²) in [6, 6.07) is 2.01. The Balaban J connectivity index is 3.12. The van der Waals surface area contributed by atoms with Crippen LogP contribution in [0.15, 0.2) is 12.3 Å². The average Bonchev–Trinajstić information content (AvgIpc) is 2.29. The molecule has 3 N–H and O–H groups in total. The Morgan fingerprint density at radius 2 is 2.41 bits per heavy atom. The molecule has 88 valence electrons. The number of nitrogens with two attached hydrogens (primary N) is 1. The molecule has 1 amide bonds. The molecule has 0 aromatic carbocycles. The van der Waals surface area contributed by atoms with Crippen molar-refractivity contribution in [3.63, 3.8) is 0 Å². The van der Waals surface area contributed by atoms with E-state index in [1.807, 2.05) is 0 Å². The van der Waals surface area contributed by atoms with Crippen LogP contribution in [0.1, 0.15) is 12.5 Å². The van der Waals surface area contributed by atoms with Crippen LogP contribution < -0.4 is 11.1 Å². The van der Waals surface area contributed by atoms with Crippen molar-refractivity contribution < 1.29 is 9.72 Å². The third-order valence-electron chi connectivity index (χ3n) is 1.97. The van der Waals surface area contributed by atoms with E-state index in [1.54, 1.807) is 6.07 Å². The first-order valence-corrected chi connectivity index (χ1v) is 4.56. The predicted octanol–water partition coefficient (Wildman–Crippen LogP) is 0.147. The smallest absolute Gasteiger partial charge is 0.312 e. The van der Waals surface area contributed by atoms with Crippen LogP contribution in [0, 0.1) is 21.4 Å². The summed E-state index contributed by atoms with van der Waals surface area (Å²) in [6.07, 6.45) is 1.17. The minimum Gasteiger partial charge on any atom is -0.368 e. The minimum absolute atomic E-state index is 0.0639. The standard InChI is InChI=1S/C9H9N5O3/c1-5(8(11)15)13-9-7(14(16)17)2-6(3-10)4-12-9/h2,4-5H,1H3,(H2,11,15)(H,12,13). The Kier molecular flexibility index (Phi) is 3.56. The van der Waals surface area contributed by atoms with Gasteiger partial charge in [0.05, 0.1) is 10.5 Å². The van der Waals surface area contributed by atoms with Crippen molar-refractivity contribution in [1.29, 1.82) is 5.26 Å². The second-order valence-corrected chi connectivity index (χ2v) is 3.23. The highest BCUT2D eigenvalue weighted by Gasteiger charge is 2.19. The van der Waals surface area contributed by atoms with Crippen molar-refractivity contribution in [3.8, 4) is 6.07 Å². The fourth-order valence-electron chi connectivity index (χ4n) is 1.04. The van der Waals surface area contributed by atoms with E-state index in [0.29, 0.717) is 0 Å². The average molecular weight is 235 g/mol. The van der Waals surface area contributed by atoms with Gasteiger partial charge in [-0.3, -0.25) is 14.9 Å². The number of rotatable bonds is 4. The molecule has 1 rings (SSSR count). The molecule has 1 heterocycles. The van der Waals surface area contributed by atoms with E-state index >= 15 is 0 Å². The number of amides is 1. The van der Waals surface area contributed by atoms with Gasteiger partial charge in [0, 0.05) is 12.3 Å². The first kappa shape index (κ1) is 12.4. The third kappa shape index (κ3) is 2.88. The normalized spacial score (nSPS) is 11.3. The van der Waals surface area contributed by atoms with Crippen molar-refractivity contribution in [2.75, 3.05) is 5.32 Å². The van der Waals surface area contributed by atoms with Crippen molar-refractivity contribution >= 4 is 17.4 Å². The lowest BCUT2D eigenvalue weighted by atomic mass is 10.2. The van der Waals surface area contributed by atoms with Crippen LogP contribution in [0.5, 0.6) is 0 Å².